The second kappa shape index (κ2) is 10.5. The first-order valence-corrected chi connectivity index (χ1v) is 12.6. The number of amides is 2. The number of anilines is 1. The number of fused-ring (bicyclic) bond motifs is 1. The molecule has 1 aliphatic heterocycles. The molecule has 2 heterocycles. The Kier molecular flexibility index (Phi) is 7.91. The maximum absolute atomic E-state index is 12.5. The zero-order valence-electron chi connectivity index (χ0n) is 17.7. The van der Waals surface area contributed by atoms with E-state index in [4.69, 9.17) is 5.73 Å². The van der Waals surface area contributed by atoms with E-state index in [0.29, 0.717) is 18.0 Å². The van der Waals surface area contributed by atoms with Gasteiger partial charge in [0.2, 0.25) is 5.91 Å². The average molecular weight is 506 g/mol. The van der Waals surface area contributed by atoms with E-state index in [0.717, 1.165) is 23.5 Å². The van der Waals surface area contributed by atoms with Gasteiger partial charge in [-0.05, 0) is 29.7 Å². The fourth-order valence-electron chi connectivity index (χ4n) is 3.83. The van der Waals surface area contributed by atoms with E-state index in [-0.39, 0.29) is 22.9 Å². The number of carbonyl (C=O) groups is 2. The van der Waals surface area contributed by atoms with Crippen molar-refractivity contribution in [1.29, 1.82) is 0 Å². The normalized spacial score (nSPS) is 13.6. The number of hydrogen-bond acceptors (Lipinski definition) is 6. The van der Waals surface area contributed by atoms with E-state index in [1.807, 2.05) is 18.2 Å². The molecule has 0 bridgehead atoms. The first kappa shape index (κ1) is 24.9. The summed E-state index contributed by atoms with van der Waals surface area (Å²) in [5.41, 5.74) is 7.94. The van der Waals surface area contributed by atoms with E-state index in [1.54, 1.807) is 18.2 Å². The molecule has 0 spiro atoms. The van der Waals surface area contributed by atoms with Gasteiger partial charge in [0.05, 0.1) is 10.5 Å². The average Bonchev–Trinajstić information content (AvgIpc) is 3.11. The van der Waals surface area contributed by atoms with Crippen LogP contribution in [0.3, 0.4) is 0 Å². The van der Waals surface area contributed by atoms with Crippen LogP contribution in [0.2, 0.25) is 0 Å². The quantitative estimate of drug-likeness (QED) is 0.512. The van der Waals surface area contributed by atoms with Gasteiger partial charge >= 0.3 is 0 Å². The highest BCUT2D eigenvalue weighted by Crippen LogP contribution is 2.37. The van der Waals surface area contributed by atoms with Crippen molar-refractivity contribution in [3.63, 3.8) is 0 Å². The molecule has 0 atom stereocenters. The molecule has 0 unspecified atom stereocenters. The number of carbonyl (C=O) groups excluding carboxylic acids is 2. The Morgan fingerprint density at radius 1 is 1.03 bits per heavy atom. The van der Waals surface area contributed by atoms with Crippen molar-refractivity contribution in [1.82, 2.24) is 4.90 Å². The minimum Gasteiger partial charge on any atom is -0.365 e. The Balaban J connectivity index is 0.00000306. The number of rotatable bonds is 7. The van der Waals surface area contributed by atoms with Crippen molar-refractivity contribution in [3.8, 4) is 0 Å². The van der Waals surface area contributed by atoms with E-state index in [2.05, 4.69) is 22.3 Å². The fraction of sp³-hybridized carbons (Fsp3) is 0.217. The summed E-state index contributed by atoms with van der Waals surface area (Å²) < 4.78 is 25.0. The molecule has 0 fully saturated rings. The number of hydrogen-bond donors (Lipinski definition) is 2. The van der Waals surface area contributed by atoms with Crippen molar-refractivity contribution in [2.75, 3.05) is 17.6 Å². The summed E-state index contributed by atoms with van der Waals surface area (Å²) >= 11 is 1.29. The molecule has 2 amide bonds. The van der Waals surface area contributed by atoms with Gasteiger partial charge in [-0.15, -0.1) is 23.7 Å². The van der Waals surface area contributed by atoms with E-state index < -0.39 is 27.4 Å². The third-order valence-corrected chi connectivity index (χ3v) is 8.07. The molecule has 0 saturated carbocycles. The molecule has 7 nitrogen and oxygen atoms in total. The van der Waals surface area contributed by atoms with Crippen LogP contribution in [0, 0.1) is 0 Å². The van der Waals surface area contributed by atoms with Crippen molar-refractivity contribution >= 4 is 50.4 Å². The molecule has 2 aromatic carbocycles. The summed E-state index contributed by atoms with van der Waals surface area (Å²) in [6, 6.07) is 17.9. The SMILES string of the molecule is Cl.NC(=O)c1c(NC(=O)CS(=O)(=O)c2ccccc2)sc2c1CCN(Cc1ccccc1)C2. The largest absolute Gasteiger partial charge is 0.365 e. The summed E-state index contributed by atoms with van der Waals surface area (Å²) in [6.45, 7) is 2.17. The minimum atomic E-state index is -3.79. The molecule has 0 aliphatic carbocycles. The van der Waals surface area contributed by atoms with Crippen molar-refractivity contribution in [2.24, 2.45) is 5.73 Å². The molecule has 10 heteroatoms. The summed E-state index contributed by atoms with van der Waals surface area (Å²) in [7, 11) is -3.79. The Morgan fingerprint density at radius 2 is 1.67 bits per heavy atom. The molecule has 1 aromatic heterocycles. The predicted molar refractivity (Wildman–Crippen MR) is 131 cm³/mol. The van der Waals surface area contributed by atoms with Crippen LogP contribution in [0.1, 0.15) is 26.4 Å². The first-order valence-electron chi connectivity index (χ1n) is 10.1. The van der Waals surface area contributed by atoms with Crippen LogP contribution in [0.4, 0.5) is 5.00 Å². The van der Waals surface area contributed by atoms with Gasteiger partial charge in [0.1, 0.15) is 10.8 Å². The second-order valence-corrected chi connectivity index (χ2v) is 10.7. The van der Waals surface area contributed by atoms with Gasteiger partial charge in [0, 0.05) is 24.5 Å². The van der Waals surface area contributed by atoms with Crippen molar-refractivity contribution in [3.05, 3.63) is 82.2 Å². The maximum Gasteiger partial charge on any atom is 0.251 e. The lowest BCUT2D eigenvalue weighted by Gasteiger charge is -2.27. The van der Waals surface area contributed by atoms with Crippen molar-refractivity contribution in [2.45, 2.75) is 24.4 Å². The van der Waals surface area contributed by atoms with E-state index >= 15 is 0 Å². The van der Waals surface area contributed by atoms with E-state index in [9.17, 15) is 18.0 Å². The lowest BCUT2D eigenvalue weighted by molar-refractivity contribution is -0.113. The highest BCUT2D eigenvalue weighted by Gasteiger charge is 2.28. The number of primary amides is 1. The van der Waals surface area contributed by atoms with Crippen LogP contribution in [-0.2, 0) is 34.1 Å². The lowest BCUT2D eigenvalue weighted by atomic mass is 10.0. The predicted octanol–water partition coefficient (Wildman–Crippen LogP) is 3.24. The van der Waals surface area contributed by atoms with Crippen molar-refractivity contribution < 1.29 is 18.0 Å². The smallest absolute Gasteiger partial charge is 0.251 e. The first-order chi connectivity index (χ1) is 15.3. The molecule has 0 radical (unpaired) electrons. The second-order valence-electron chi connectivity index (χ2n) is 7.64. The zero-order valence-corrected chi connectivity index (χ0v) is 20.1. The molecule has 3 aromatic rings. The van der Waals surface area contributed by atoms with Gasteiger partial charge in [-0.1, -0.05) is 48.5 Å². The van der Waals surface area contributed by atoms with E-state index in [1.165, 1.54) is 29.0 Å². The zero-order chi connectivity index (χ0) is 22.7. The molecule has 3 N–H and O–H groups in total. The molecule has 0 saturated heterocycles. The van der Waals surface area contributed by atoms with Crippen LogP contribution in [-0.4, -0.2) is 37.4 Å². The molecule has 174 valence electrons. The minimum absolute atomic E-state index is 0. The third kappa shape index (κ3) is 5.80. The number of nitrogens with two attached hydrogens (primary N) is 1. The lowest BCUT2D eigenvalue weighted by Crippen LogP contribution is -2.30. The van der Waals surface area contributed by atoms with Gasteiger partial charge in [-0.2, -0.15) is 0 Å². The highest BCUT2D eigenvalue weighted by molar-refractivity contribution is 7.92. The number of sulfone groups is 1. The van der Waals surface area contributed by atoms with Gasteiger partial charge in [0.25, 0.3) is 5.91 Å². The Bertz CT molecular complexity index is 1250. The van der Waals surface area contributed by atoms with Crippen LogP contribution < -0.4 is 11.1 Å². The molecular weight excluding hydrogens is 482 g/mol. The van der Waals surface area contributed by atoms with Crippen LogP contribution in [0.15, 0.2) is 65.6 Å². The summed E-state index contributed by atoms with van der Waals surface area (Å²) in [6.07, 6.45) is 0.634. The number of halogens is 1. The fourth-order valence-corrected chi connectivity index (χ4v) is 6.30. The number of benzene rings is 2. The molecule has 1 aliphatic rings. The third-order valence-electron chi connectivity index (χ3n) is 5.31. The Labute approximate surface area is 202 Å². The van der Waals surface area contributed by atoms with Gasteiger partial charge in [0.15, 0.2) is 9.84 Å². The summed E-state index contributed by atoms with van der Waals surface area (Å²) in [5.74, 6) is -2.03. The maximum atomic E-state index is 12.5. The Morgan fingerprint density at radius 3 is 2.30 bits per heavy atom. The standard InChI is InChI=1S/C23H23N3O4S2.ClH/c24-22(28)21-18-11-12-26(13-16-7-3-1-4-8-16)14-19(18)31-23(21)25-20(27)15-32(29,30)17-9-5-2-6-10-17;/h1-10H,11-15H2,(H2,24,28)(H,25,27);1H. The highest BCUT2D eigenvalue weighted by atomic mass is 35.5. The van der Waals surface area contributed by atoms with Crippen LogP contribution in [0.5, 0.6) is 0 Å². The van der Waals surface area contributed by atoms with Gasteiger partial charge < -0.3 is 11.1 Å². The number of nitrogens with one attached hydrogen (secondary N) is 1. The van der Waals surface area contributed by atoms with Gasteiger partial charge in [-0.25, -0.2) is 8.42 Å². The van der Waals surface area contributed by atoms with Gasteiger partial charge in [-0.3, -0.25) is 14.5 Å². The summed E-state index contributed by atoms with van der Waals surface area (Å²) in [4.78, 5) is 28.0. The Hall–Kier alpha value is -2.72. The number of nitrogens with zero attached hydrogens (tertiary/aromatic N) is 1. The molecular formula is C23H24ClN3O4S2. The number of thiophene rings is 1. The molecule has 33 heavy (non-hydrogen) atoms. The van der Waals surface area contributed by atoms with Crippen LogP contribution >= 0.6 is 23.7 Å². The monoisotopic (exact) mass is 505 g/mol. The topological polar surface area (TPSA) is 110 Å². The molecule has 4 rings (SSSR count). The summed E-state index contributed by atoms with van der Waals surface area (Å²) in [5, 5.41) is 2.94. The van der Waals surface area contributed by atoms with Crippen LogP contribution in [0.25, 0.3) is 0 Å².